The molecule has 0 saturated heterocycles. The lowest BCUT2D eigenvalue weighted by molar-refractivity contribution is -0.149. The quantitative estimate of drug-likeness (QED) is 0.573. The van der Waals surface area contributed by atoms with E-state index >= 15 is 0 Å². The highest BCUT2D eigenvalue weighted by Gasteiger charge is 2.26. The number of nitrogens with zero attached hydrogens (tertiary/aromatic N) is 3. The molecule has 6 heteroatoms. The first kappa shape index (κ1) is 15.9. The van der Waals surface area contributed by atoms with Crippen LogP contribution in [0, 0.1) is 12.8 Å². The Morgan fingerprint density at radius 2 is 2.28 bits per heavy atom. The van der Waals surface area contributed by atoms with Crippen LogP contribution >= 0.6 is 0 Å². The smallest absolute Gasteiger partial charge is 0.309 e. The number of fused-ring (bicyclic) bond motifs is 2. The van der Waals surface area contributed by atoms with Gasteiger partial charge in [0.15, 0.2) is 0 Å². The Labute approximate surface area is 146 Å². The van der Waals surface area contributed by atoms with E-state index in [4.69, 9.17) is 4.74 Å². The molecule has 1 aromatic carbocycles. The monoisotopic (exact) mass is 338 g/mol. The maximum atomic E-state index is 12.3. The van der Waals surface area contributed by atoms with Crippen molar-refractivity contribution in [1.82, 2.24) is 19.7 Å². The molecule has 0 amide bonds. The van der Waals surface area contributed by atoms with Crippen LogP contribution < -0.4 is 0 Å². The molecule has 0 unspecified atom stereocenters. The lowest BCUT2D eigenvalue weighted by atomic mass is 9.88. The van der Waals surface area contributed by atoms with Gasteiger partial charge in [0.25, 0.3) is 0 Å². The van der Waals surface area contributed by atoms with Gasteiger partial charge in [-0.3, -0.25) is 9.89 Å². The maximum Gasteiger partial charge on any atom is 0.309 e. The number of hydrogen-bond donors (Lipinski definition) is 1. The summed E-state index contributed by atoms with van der Waals surface area (Å²) in [6.07, 6.45) is 5.09. The third-order valence-electron chi connectivity index (χ3n) is 4.97. The summed E-state index contributed by atoms with van der Waals surface area (Å²) in [6.45, 7) is 3.25. The van der Waals surface area contributed by atoms with Gasteiger partial charge in [0.1, 0.15) is 5.82 Å². The molecule has 25 heavy (non-hydrogen) atoms. The summed E-state index contributed by atoms with van der Waals surface area (Å²) in [4.78, 5) is 16.9. The van der Waals surface area contributed by atoms with Crippen molar-refractivity contribution in [3.63, 3.8) is 0 Å². The first-order valence-electron chi connectivity index (χ1n) is 8.82. The molecule has 2 heterocycles. The Bertz CT molecular complexity index is 896. The van der Waals surface area contributed by atoms with Crippen LogP contribution in [-0.4, -0.2) is 32.3 Å². The fraction of sp³-hybridized carbons (Fsp3) is 0.421. The van der Waals surface area contributed by atoms with E-state index in [1.54, 1.807) is 0 Å². The van der Waals surface area contributed by atoms with E-state index in [0.717, 1.165) is 48.4 Å². The van der Waals surface area contributed by atoms with Crippen molar-refractivity contribution < 1.29 is 9.53 Å². The second-order valence-electron chi connectivity index (χ2n) is 6.63. The molecule has 6 nitrogen and oxygen atoms in total. The number of ether oxygens (including phenoxy) is 1. The molecule has 4 rings (SSSR count). The average molecular weight is 338 g/mol. The highest BCUT2D eigenvalue weighted by atomic mass is 16.5. The summed E-state index contributed by atoms with van der Waals surface area (Å²) in [5.41, 5.74) is 4.44. The Balaban J connectivity index is 1.29. The summed E-state index contributed by atoms with van der Waals surface area (Å²) in [5, 5.41) is 7.03. The van der Waals surface area contributed by atoms with E-state index in [1.165, 1.54) is 5.56 Å². The minimum atomic E-state index is -0.0903. The van der Waals surface area contributed by atoms with E-state index in [-0.39, 0.29) is 11.9 Å². The fourth-order valence-corrected chi connectivity index (χ4v) is 3.60. The molecule has 0 spiro atoms. The van der Waals surface area contributed by atoms with Crippen molar-refractivity contribution in [3.8, 4) is 0 Å². The third kappa shape index (κ3) is 3.16. The summed E-state index contributed by atoms with van der Waals surface area (Å²) in [6, 6.07) is 8.11. The van der Waals surface area contributed by atoms with Crippen LogP contribution in [-0.2, 0) is 28.9 Å². The molecule has 0 radical (unpaired) electrons. The topological polar surface area (TPSA) is 72.8 Å². The number of benzene rings is 1. The largest absolute Gasteiger partial charge is 0.465 e. The van der Waals surface area contributed by atoms with Crippen LogP contribution in [0.15, 0.2) is 30.5 Å². The van der Waals surface area contributed by atoms with E-state index < -0.39 is 0 Å². The molecule has 1 aliphatic rings. The first-order chi connectivity index (χ1) is 12.2. The van der Waals surface area contributed by atoms with Crippen molar-refractivity contribution >= 4 is 17.0 Å². The number of aryl methyl sites for hydroxylation is 3. The Morgan fingerprint density at radius 1 is 1.40 bits per heavy atom. The van der Waals surface area contributed by atoms with E-state index in [1.807, 2.05) is 31.3 Å². The number of imidazole rings is 1. The molecule has 0 saturated carbocycles. The SMILES string of the molecule is Cc1nc2ccccc2n1CCCOC(=O)[C@H]1CCc2cn[nH]c2C1. The molecule has 3 aromatic rings. The van der Waals surface area contributed by atoms with Crippen molar-refractivity contribution in [2.45, 2.75) is 39.2 Å². The molecular weight excluding hydrogens is 316 g/mol. The van der Waals surface area contributed by atoms with Gasteiger partial charge in [-0.1, -0.05) is 12.1 Å². The van der Waals surface area contributed by atoms with Crippen LogP contribution in [0.5, 0.6) is 0 Å². The van der Waals surface area contributed by atoms with Gasteiger partial charge in [0, 0.05) is 18.7 Å². The van der Waals surface area contributed by atoms with Crippen molar-refractivity contribution in [2.24, 2.45) is 5.92 Å². The summed E-state index contributed by atoms with van der Waals surface area (Å²) >= 11 is 0. The molecule has 0 fully saturated rings. The number of H-pyrrole nitrogens is 1. The van der Waals surface area contributed by atoms with Crippen LogP contribution in [0.2, 0.25) is 0 Å². The zero-order chi connectivity index (χ0) is 17.2. The lowest BCUT2D eigenvalue weighted by Crippen LogP contribution is -2.25. The molecule has 130 valence electrons. The lowest BCUT2D eigenvalue weighted by Gasteiger charge is -2.20. The predicted molar refractivity (Wildman–Crippen MR) is 94.1 cm³/mol. The van der Waals surface area contributed by atoms with Crippen LogP contribution in [0.4, 0.5) is 0 Å². The predicted octanol–water partition coefficient (Wildman–Crippen LogP) is 2.81. The number of nitrogens with one attached hydrogen (secondary N) is 1. The van der Waals surface area contributed by atoms with Crippen molar-refractivity contribution in [3.05, 3.63) is 47.5 Å². The Morgan fingerprint density at radius 3 is 3.20 bits per heavy atom. The highest BCUT2D eigenvalue weighted by molar-refractivity contribution is 5.75. The van der Waals surface area contributed by atoms with Gasteiger partial charge in [0.05, 0.1) is 29.8 Å². The molecule has 0 aliphatic heterocycles. The Kier molecular flexibility index (Phi) is 4.26. The molecule has 1 aliphatic carbocycles. The standard InChI is InChI=1S/C19H22N4O2/c1-13-21-16-5-2-3-6-18(16)23(13)9-4-10-25-19(24)14-7-8-15-12-20-22-17(15)11-14/h2-3,5-6,12,14H,4,7-11H2,1H3,(H,20,22)/t14-/m0/s1. The summed E-state index contributed by atoms with van der Waals surface area (Å²) < 4.78 is 7.70. The van der Waals surface area contributed by atoms with Crippen LogP contribution in [0.3, 0.4) is 0 Å². The average Bonchev–Trinajstić information content (AvgIpc) is 3.21. The van der Waals surface area contributed by atoms with Crippen molar-refractivity contribution in [1.29, 1.82) is 0 Å². The maximum absolute atomic E-state index is 12.3. The molecule has 2 aromatic heterocycles. The van der Waals surface area contributed by atoms with Crippen molar-refractivity contribution in [2.75, 3.05) is 6.61 Å². The van der Waals surface area contributed by atoms with Gasteiger partial charge in [-0.15, -0.1) is 0 Å². The number of hydrogen-bond acceptors (Lipinski definition) is 4. The van der Waals surface area contributed by atoms with Gasteiger partial charge in [0.2, 0.25) is 0 Å². The number of para-hydroxylation sites is 2. The number of carbonyl (C=O) groups is 1. The van der Waals surface area contributed by atoms with E-state index in [2.05, 4.69) is 25.8 Å². The summed E-state index contributed by atoms with van der Waals surface area (Å²) in [7, 11) is 0. The highest BCUT2D eigenvalue weighted by Crippen LogP contribution is 2.24. The fourth-order valence-electron chi connectivity index (χ4n) is 3.60. The molecule has 1 atom stereocenters. The van der Waals surface area contributed by atoms with E-state index in [9.17, 15) is 4.79 Å². The van der Waals surface area contributed by atoms with Gasteiger partial charge in [-0.05, 0) is 43.9 Å². The zero-order valence-corrected chi connectivity index (χ0v) is 14.4. The summed E-state index contributed by atoms with van der Waals surface area (Å²) in [5.74, 6) is 0.850. The second-order valence-corrected chi connectivity index (χ2v) is 6.63. The number of carbonyl (C=O) groups excluding carboxylic acids is 1. The van der Waals surface area contributed by atoms with Gasteiger partial charge in [-0.25, -0.2) is 4.98 Å². The number of rotatable bonds is 5. The molecular formula is C19H22N4O2. The molecule has 1 N–H and O–H groups in total. The molecule has 0 bridgehead atoms. The minimum Gasteiger partial charge on any atom is -0.465 e. The van der Waals surface area contributed by atoms with Gasteiger partial charge in [-0.2, -0.15) is 5.10 Å². The Hall–Kier alpha value is -2.63. The zero-order valence-electron chi connectivity index (χ0n) is 14.4. The third-order valence-corrected chi connectivity index (χ3v) is 4.97. The first-order valence-corrected chi connectivity index (χ1v) is 8.82. The second kappa shape index (κ2) is 6.70. The van der Waals surface area contributed by atoms with Gasteiger partial charge < -0.3 is 9.30 Å². The minimum absolute atomic E-state index is 0.0521. The normalized spacial score (nSPS) is 16.8. The van der Waals surface area contributed by atoms with Gasteiger partial charge >= 0.3 is 5.97 Å². The van der Waals surface area contributed by atoms with Crippen LogP contribution in [0.25, 0.3) is 11.0 Å². The number of aromatic nitrogens is 4. The number of esters is 1. The van der Waals surface area contributed by atoms with E-state index in [0.29, 0.717) is 13.0 Å². The van der Waals surface area contributed by atoms with Crippen LogP contribution in [0.1, 0.15) is 29.9 Å². The number of aromatic amines is 1.